The molecule has 0 aromatic carbocycles. The van der Waals surface area contributed by atoms with Gasteiger partial charge in [-0.3, -0.25) is 9.78 Å². The van der Waals surface area contributed by atoms with Crippen molar-refractivity contribution in [3.8, 4) is 16.9 Å². The van der Waals surface area contributed by atoms with Gasteiger partial charge in [0.05, 0.1) is 24.6 Å². The predicted molar refractivity (Wildman–Crippen MR) is 122 cm³/mol. The number of methoxy groups -OCH3 is 1. The van der Waals surface area contributed by atoms with Gasteiger partial charge in [-0.2, -0.15) is 0 Å². The fraction of sp³-hybridized carbons (Fsp3) is 0.150. The van der Waals surface area contributed by atoms with Crippen LogP contribution in [0.1, 0.15) is 23.0 Å². The lowest BCUT2D eigenvalue weighted by Crippen LogP contribution is -2.28. The maximum Gasteiger partial charge on any atom is 0.259 e. The zero-order valence-corrected chi connectivity index (χ0v) is 18.7. The van der Waals surface area contributed by atoms with E-state index in [-0.39, 0.29) is 16.2 Å². The molecule has 7 nitrogen and oxygen atoms in total. The number of ether oxygens (including phenoxy) is 1. The molecule has 0 atom stereocenters. The van der Waals surface area contributed by atoms with E-state index in [9.17, 15) is 4.79 Å². The molecular formula is C20H17Cl2N5O2S. The number of thioether (sulfide) groups is 1. The third-order valence-electron chi connectivity index (χ3n) is 3.98. The molecule has 1 amide bonds. The number of aromatic nitrogens is 2. The minimum Gasteiger partial charge on any atom is -0.494 e. The van der Waals surface area contributed by atoms with Gasteiger partial charge < -0.3 is 10.1 Å². The number of nitrogens with one attached hydrogen (secondary N) is 1. The Bertz CT molecular complexity index is 1130. The van der Waals surface area contributed by atoms with Crippen LogP contribution in [0.5, 0.6) is 5.75 Å². The largest absolute Gasteiger partial charge is 0.494 e. The number of hydrogen-bond donors (Lipinski definition) is 1. The van der Waals surface area contributed by atoms with E-state index in [2.05, 4.69) is 31.8 Å². The minimum atomic E-state index is -0.389. The Kier molecular flexibility index (Phi) is 6.91. The van der Waals surface area contributed by atoms with Crippen molar-refractivity contribution in [2.24, 2.45) is 9.98 Å². The molecule has 2 aromatic heterocycles. The Labute approximate surface area is 188 Å². The van der Waals surface area contributed by atoms with E-state index >= 15 is 0 Å². The second-order valence-electron chi connectivity index (χ2n) is 6.02. The molecule has 0 fully saturated rings. The van der Waals surface area contributed by atoms with Crippen molar-refractivity contribution >= 4 is 51.1 Å². The number of halogens is 2. The number of carbonyl (C=O) groups is 1. The summed E-state index contributed by atoms with van der Waals surface area (Å²) >= 11 is 13.0. The summed E-state index contributed by atoms with van der Waals surface area (Å²) in [5.74, 6) is 0.0954. The average Bonchev–Trinajstić information content (AvgIpc) is 3.08. The molecule has 0 saturated carbocycles. The summed E-state index contributed by atoms with van der Waals surface area (Å²) in [6, 6.07) is 3.43. The van der Waals surface area contributed by atoms with E-state index in [0.29, 0.717) is 38.3 Å². The topological polar surface area (TPSA) is 88.8 Å². The van der Waals surface area contributed by atoms with E-state index in [0.717, 1.165) is 5.69 Å². The molecule has 1 aliphatic rings. The number of nitrogens with zero attached hydrogens (tertiary/aromatic N) is 4. The molecule has 2 aromatic rings. The normalized spacial score (nSPS) is 16.0. The number of pyridine rings is 2. The molecule has 1 aliphatic heterocycles. The first-order chi connectivity index (χ1) is 14.3. The summed E-state index contributed by atoms with van der Waals surface area (Å²) in [6.45, 7) is 7.21. The lowest BCUT2D eigenvalue weighted by Gasteiger charge is -2.13. The summed E-state index contributed by atoms with van der Waals surface area (Å²) in [4.78, 5) is 29.9. The highest BCUT2D eigenvalue weighted by Crippen LogP contribution is 2.34. The zero-order valence-electron chi connectivity index (χ0n) is 16.4. The number of aliphatic imine (C=N–C) groups is 2. The van der Waals surface area contributed by atoms with Gasteiger partial charge in [0.25, 0.3) is 5.91 Å². The molecule has 154 valence electrons. The zero-order chi connectivity index (χ0) is 21.8. The van der Waals surface area contributed by atoms with Crippen LogP contribution in [-0.2, 0) is 0 Å². The van der Waals surface area contributed by atoms with E-state index in [1.165, 1.54) is 31.3 Å². The van der Waals surface area contributed by atoms with Crippen molar-refractivity contribution < 1.29 is 9.53 Å². The highest BCUT2D eigenvalue weighted by Gasteiger charge is 2.24. The Hall–Kier alpha value is -2.68. The van der Waals surface area contributed by atoms with Crippen molar-refractivity contribution in [1.82, 2.24) is 15.3 Å². The van der Waals surface area contributed by atoms with Crippen molar-refractivity contribution in [1.29, 1.82) is 0 Å². The molecule has 3 heterocycles. The summed E-state index contributed by atoms with van der Waals surface area (Å²) in [6.07, 6.45) is 4.78. The molecule has 0 unspecified atom stereocenters. The molecule has 0 radical (unpaired) electrons. The fourth-order valence-electron chi connectivity index (χ4n) is 2.67. The fourth-order valence-corrected chi connectivity index (χ4v) is 3.86. The molecule has 3 rings (SSSR count). The number of amides is 1. The van der Waals surface area contributed by atoms with Gasteiger partial charge in [-0.15, -0.1) is 0 Å². The van der Waals surface area contributed by atoms with E-state index in [4.69, 9.17) is 27.9 Å². The quantitative estimate of drug-likeness (QED) is 0.513. The molecule has 0 bridgehead atoms. The average molecular weight is 462 g/mol. The van der Waals surface area contributed by atoms with E-state index in [1.54, 1.807) is 18.2 Å². The summed E-state index contributed by atoms with van der Waals surface area (Å²) < 4.78 is 5.40. The summed E-state index contributed by atoms with van der Waals surface area (Å²) in [7, 11) is 1.52. The van der Waals surface area contributed by atoms with Crippen molar-refractivity contribution in [2.75, 3.05) is 7.11 Å². The predicted octanol–water partition coefficient (Wildman–Crippen LogP) is 4.96. The molecule has 0 spiro atoms. The van der Waals surface area contributed by atoms with Crippen LogP contribution in [0.2, 0.25) is 5.15 Å². The molecule has 0 saturated heterocycles. The third-order valence-corrected chi connectivity index (χ3v) is 5.15. The molecule has 30 heavy (non-hydrogen) atoms. The van der Waals surface area contributed by atoms with Crippen molar-refractivity contribution in [2.45, 2.75) is 13.8 Å². The lowest BCUT2D eigenvalue weighted by atomic mass is 10.0. The monoisotopic (exact) mass is 461 g/mol. The van der Waals surface area contributed by atoms with Gasteiger partial charge in [-0.25, -0.2) is 15.0 Å². The Morgan fingerprint density at radius 2 is 2.07 bits per heavy atom. The maximum atomic E-state index is 13.1. The first kappa shape index (κ1) is 22.0. The maximum absolute atomic E-state index is 13.1. The van der Waals surface area contributed by atoms with Crippen LogP contribution in [0.3, 0.4) is 0 Å². The number of rotatable bonds is 4. The second-order valence-corrected chi connectivity index (χ2v) is 7.82. The third kappa shape index (κ3) is 4.89. The van der Waals surface area contributed by atoms with Gasteiger partial charge in [0.2, 0.25) is 0 Å². The number of hydrogen-bond acceptors (Lipinski definition) is 7. The second kappa shape index (κ2) is 9.42. The van der Waals surface area contributed by atoms with Gasteiger partial charge in [0.15, 0.2) is 5.17 Å². The van der Waals surface area contributed by atoms with Gasteiger partial charge >= 0.3 is 0 Å². The Morgan fingerprint density at radius 1 is 1.30 bits per heavy atom. The first-order valence-electron chi connectivity index (χ1n) is 8.66. The van der Waals surface area contributed by atoms with E-state index < -0.39 is 0 Å². The summed E-state index contributed by atoms with van der Waals surface area (Å²) in [5.41, 5.74) is 2.90. The lowest BCUT2D eigenvalue weighted by molar-refractivity contribution is 0.0978. The van der Waals surface area contributed by atoms with Crippen molar-refractivity contribution in [3.05, 3.63) is 64.4 Å². The van der Waals surface area contributed by atoms with Crippen LogP contribution in [0.4, 0.5) is 0 Å². The standard InChI is InChI=1S/C20H17Cl2N5O2S/c1-5-15-19(25-11(3)21)30-20(26-15)27-18(28)14-8-23-10(2)6-12(14)13-7-17(22)24-9-16(13)29-4/h5-9H,3H2,1-2,4H3,(H,26,27,28)/b15-5+,25-19+. The molecule has 1 N–H and O–H groups in total. The number of aryl methyl sites for hydroxylation is 1. The number of allylic oxidation sites excluding steroid dienone is 1. The van der Waals surface area contributed by atoms with Crippen molar-refractivity contribution in [3.63, 3.8) is 0 Å². The van der Waals surface area contributed by atoms with Crippen LogP contribution in [0.25, 0.3) is 11.1 Å². The Morgan fingerprint density at radius 3 is 2.73 bits per heavy atom. The number of carbonyl (C=O) groups excluding carboxylic acids is 1. The Balaban J connectivity index is 1.97. The molecule has 0 aliphatic carbocycles. The SMILES string of the molecule is C=C(Cl)/N=C1/SC(NC(=O)c2cnc(C)cc2-c2cc(Cl)ncc2OC)=N/C1=C/C. The first-order valence-corrected chi connectivity index (χ1v) is 10.2. The summed E-state index contributed by atoms with van der Waals surface area (Å²) in [5, 5.41) is 4.13. The molecular weight excluding hydrogens is 445 g/mol. The van der Waals surface area contributed by atoms with E-state index in [1.807, 2.05) is 13.8 Å². The van der Waals surface area contributed by atoms with Gasteiger partial charge in [0.1, 0.15) is 21.1 Å². The number of amidine groups is 1. The smallest absolute Gasteiger partial charge is 0.259 e. The highest BCUT2D eigenvalue weighted by atomic mass is 35.5. The van der Waals surface area contributed by atoms with Gasteiger partial charge in [0, 0.05) is 23.0 Å². The van der Waals surface area contributed by atoms with Crippen LogP contribution in [0.15, 0.2) is 58.0 Å². The van der Waals surface area contributed by atoms with Gasteiger partial charge in [-0.05, 0) is 37.7 Å². The molecule has 10 heteroatoms. The van der Waals surface area contributed by atoms with Crippen LogP contribution < -0.4 is 10.1 Å². The van der Waals surface area contributed by atoms with Gasteiger partial charge in [-0.1, -0.05) is 35.9 Å². The van der Waals surface area contributed by atoms with Crippen LogP contribution in [-0.4, -0.2) is 33.2 Å². The minimum absolute atomic E-state index is 0.131. The van der Waals surface area contributed by atoms with Crippen LogP contribution in [0, 0.1) is 6.92 Å². The van der Waals surface area contributed by atoms with Crippen LogP contribution >= 0.6 is 35.0 Å². The highest BCUT2D eigenvalue weighted by molar-refractivity contribution is 8.27.